The number of rotatable bonds is 2. The van der Waals surface area contributed by atoms with Gasteiger partial charge in [0, 0.05) is 22.2 Å². The monoisotopic (exact) mass is 439 g/mol. The second-order valence-electron chi connectivity index (χ2n) is 5.49. The van der Waals surface area contributed by atoms with Crippen LogP contribution >= 0.6 is 33.9 Å². The highest BCUT2D eigenvalue weighted by Crippen LogP contribution is 2.27. The van der Waals surface area contributed by atoms with Gasteiger partial charge in [0.1, 0.15) is 5.01 Å². The number of carbonyl (C=O) groups is 1. The first-order valence-electron chi connectivity index (χ1n) is 7.50. The molecule has 1 aromatic carbocycles. The third kappa shape index (κ3) is 2.85. The molecule has 0 atom stereocenters. The van der Waals surface area contributed by atoms with Gasteiger partial charge in [-0.15, -0.1) is 10.2 Å². The molecule has 118 valence electrons. The lowest BCUT2D eigenvalue weighted by molar-refractivity contribution is 0.0709. The summed E-state index contributed by atoms with van der Waals surface area (Å²) in [5, 5.41) is 13.6. The van der Waals surface area contributed by atoms with Crippen LogP contribution in [0.25, 0.3) is 15.5 Å². The fourth-order valence-electron chi connectivity index (χ4n) is 2.73. The molecule has 0 aliphatic carbocycles. The average Bonchev–Trinajstić information content (AvgIpc) is 3.15. The molecular weight excluding hydrogens is 425 g/mol. The van der Waals surface area contributed by atoms with Crippen molar-refractivity contribution in [3.63, 3.8) is 0 Å². The van der Waals surface area contributed by atoms with E-state index in [4.69, 9.17) is 0 Å². The van der Waals surface area contributed by atoms with Crippen molar-refractivity contribution in [1.29, 1.82) is 0 Å². The van der Waals surface area contributed by atoms with Gasteiger partial charge >= 0.3 is 0 Å². The molecule has 4 rings (SSSR count). The van der Waals surface area contributed by atoms with Crippen molar-refractivity contribution < 1.29 is 4.79 Å². The topological polar surface area (TPSA) is 63.4 Å². The Morgan fingerprint density at radius 3 is 2.78 bits per heavy atom. The highest BCUT2D eigenvalue weighted by Gasteiger charge is 2.25. The van der Waals surface area contributed by atoms with E-state index >= 15 is 0 Å². The predicted molar refractivity (Wildman–Crippen MR) is 96.6 cm³/mol. The molecule has 3 heterocycles. The molecule has 1 saturated heterocycles. The van der Waals surface area contributed by atoms with Gasteiger partial charge in [-0.1, -0.05) is 23.5 Å². The minimum absolute atomic E-state index is 0.0725. The number of nitrogens with zero attached hydrogens (tertiary/aromatic N) is 5. The molecule has 3 aromatic rings. The van der Waals surface area contributed by atoms with E-state index in [0.29, 0.717) is 10.8 Å². The van der Waals surface area contributed by atoms with Crippen LogP contribution in [-0.4, -0.2) is 43.7 Å². The van der Waals surface area contributed by atoms with Gasteiger partial charge in [0.05, 0.1) is 0 Å². The number of aromatic nitrogens is 4. The fraction of sp³-hybridized carbons (Fsp3) is 0.333. The van der Waals surface area contributed by atoms with Crippen LogP contribution in [0.1, 0.15) is 29.9 Å². The molecule has 23 heavy (non-hydrogen) atoms. The summed E-state index contributed by atoms with van der Waals surface area (Å²) < 4.78 is 2.73. The summed E-state index contributed by atoms with van der Waals surface area (Å²) in [6, 6.07) is 8.12. The molecule has 1 aliphatic rings. The Bertz CT molecular complexity index is 868. The van der Waals surface area contributed by atoms with Crippen molar-refractivity contribution in [2.24, 2.45) is 0 Å². The molecule has 0 radical (unpaired) electrons. The van der Waals surface area contributed by atoms with Crippen LogP contribution in [0.3, 0.4) is 0 Å². The lowest BCUT2D eigenvalue weighted by Gasteiger charge is -2.25. The largest absolute Gasteiger partial charge is 0.336 e. The average molecular weight is 439 g/mol. The lowest BCUT2D eigenvalue weighted by atomic mass is 10.1. The van der Waals surface area contributed by atoms with Gasteiger partial charge in [-0.3, -0.25) is 4.79 Å². The zero-order chi connectivity index (χ0) is 15.8. The smallest absolute Gasteiger partial charge is 0.293 e. The number of piperidine rings is 1. The van der Waals surface area contributed by atoms with E-state index in [-0.39, 0.29) is 5.91 Å². The Morgan fingerprint density at radius 1 is 1.17 bits per heavy atom. The van der Waals surface area contributed by atoms with E-state index in [1.807, 2.05) is 23.1 Å². The Hall–Kier alpha value is -1.55. The molecule has 0 N–H and O–H groups in total. The zero-order valence-electron chi connectivity index (χ0n) is 12.3. The molecular formula is C15H14IN5OS. The second kappa shape index (κ2) is 6.16. The quantitative estimate of drug-likeness (QED) is 0.576. The van der Waals surface area contributed by atoms with Crippen LogP contribution in [0.2, 0.25) is 0 Å². The molecule has 0 spiro atoms. The third-order valence-electron chi connectivity index (χ3n) is 3.90. The van der Waals surface area contributed by atoms with Crippen molar-refractivity contribution in [1.82, 2.24) is 24.7 Å². The van der Waals surface area contributed by atoms with Crippen molar-refractivity contribution in [3.05, 3.63) is 33.7 Å². The molecule has 2 aromatic heterocycles. The number of halogens is 1. The third-order valence-corrected chi connectivity index (χ3v) is 5.52. The van der Waals surface area contributed by atoms with E-state index < -0.39 is 0 Å². The van der Waals surface area contributed by atoms with Crippen LogP contribution in [0.15, 0.2) is 24.3 Å². The van der Waals surface area contributed by atoms with Crippen LogP contribution in [-0.2, 0) is 0 Å². The lowest BCUT2D eigenvalue weighted by Crippen LogP contribution is -2.36. The highest BCUT2D eigenvalue weighted by atomic mass is 127. The Balaban J connectivity index is 1.70. The van der Waals surface area contributed by atoms with Gasteiger partial charge in [-0.2, -0.15) is 9.61 Å². The van der Waals surface area contributed by atoms with Crippen molar-refractivity contribution in [3.8, 4) is 10.6 Å². The second-order valence-corrected chi connectivity index (χ2v) is 7.69. The first-order chi connectivity index (χ1) is 11.2. The summed E-state index contributed by atoms with van der Waals surface area (Å²) in [7, 11) is 0. The Labute approximate surface area is 150 Å². The molecule has 0 saturated carbocycles. The molecule has 1 aliphatic heterocycles. The summed E-state index contributed by atoms with van der Waals surface area (Å²) >= 11 is 3.73. The highest BCUT2D eigenvalue weighted by molar-refractivity contribution is 14.1. The van der Waals surface area contributed by atoms with E-state index in [1.165, 1.54) is 17.8 Å². The summed E-state index contributed by atoms with van der Waals surface area (Å²) in [5.41, 5.74) is 1.03. The molecule has 0 bridgehead atoms. The van der Waals surface area contributed by atoms with Crippen molar-refractivity contribution in [2.75, 3.05) is 13.1 Å². The Kier molecular flexibility index (Phi) is 4.02. The van der Waals surface area contributed by atoms with E-state index in [2.05, 4.69) is 44.0 Å². The number of likely N-dealkylation sites (tertiary alicyclic amines) is 1. The normalized spacial score (nSPS) is 15.3. The van der Waals surface area contributed by atoms with Crippen LogP contribution in [0.5, 0.6) is 0 Å². The number of hydrogen-bond acceptors (Lipinski definition) is 5. The molecule has 8 heteroatoms. The standard InChI is InChI=1S/C15H14IN5OS/c16-11-6-4-5-10(9-11)13-19-21-12(17-18-15(21)23-13)14(22)20-7-2-1-3-8-20/h4-6,9H,1-3,7-8H2. The first kappa shape index (κ1) is 15.0. The van der Waals surface area contributed by atoms with Crippen LogP contribution in [0.4, 0.5) is 0 Å². The maximum absolute atomic E-state index is 12.6. The molecule has 1 fully saturated rings. The van der Waals surface area contributed by atoms with Crippen LogP contribution < -0.4 is 0 Å². The SMILES string of the molecule is O=C(c1nnc2sc(-c3cccc(I)c3)nn12)N1CCCCC1. The number of benzene rings is 1. The van der Waals surface area contributed by atoms with Gasteiger partial charge < -0.3 is 4.90 Å². The minimum atomic E-state index is -0.0725. The molecule has 1 amide bonds. The van der Waals surface area contributed by atoms with Gasteiger partial charge in [-0.05, 0) is 54.0 Å². The van der Waals surface area contributed by atoms with Gasteiger partial charge in [-0.25, -0.2) is 0 Å². The molecule has 6 nitrogen and oxygen atoms in total. The van der Waals surface area contributed by atoms with Gasteiger partial charge in [0.15, 0.2) is 0 Å². The Morgan fingerprint density at radius 2 is 2.00 bits per heavy atom. The number of amides is 1. The summed E-state index contributed by atoms with van der Waals surface area (Å²) in [6.07, 6.45) is 3.30. The maximum atomic E-state index is 12.6. The van der Waals surface area contributed by atoms with Gasteiger partial charge in [0.25, 0.3) is 5.91 Å². The summed E-state index contributed by atoms with van der Waals surface area (Å²) in [4.78, 5) is 15.1. The summed E-state index contributed by atoms with van der Waals surface area (Å²) in [6.45, 7) is 1.59. The van der Waals surface area contributed by atoms with E-state index in [1.54, 1.807) is 4.52 Å². The fourth-order valence-corrected chi connectivity index (χ4v) is 4.11. The number of carbonyl (C=O) groups excluding carboxylic acids is 1. The van der Waals surface area contributed by atoms with Crippen LogP contribution in [0, 0.1) is 3.57 Å². The zero-order valence-corrected chi connectivity index (χ0v) is 15.2. The molecule has 0 unspecified atom stereocenters. The maximum Gasteiger partial charge on any atom is 0.293 e. The van der Waals surface area contributed by atoms with E-state index in [9.17, 15) is 4.79 Å². The van der Waals surface area contributed by atoms with E-state index in [0.717, 1.165) is 40.1 Å². The predicted octanol–water partition coefficient (Wildman–Crippen LogP) is 3.08. The first-order valence-corrected chi connectivity index (χ1v) is 9.39. The minimum Gasteiger partial charge on any atom is -0.336 e. The van der Waals surface area contributed by atoms with Crippen molar-refractivity contribution in [2.45, 2.75) is 19.3 Å². The number of fused-ring (bicyclic) bond motifs is 1. The summed E-state index contributed by atoms with van der Waals surface area (Å²) in [5.74, 6) is 0.242. The van der Waals surface area contributed by atoms with Crippen molar-refractivity contribution >= 4 is 44.8 Å². The van der Waals surface area contributed by atoms with Gasteiger partial charge in [0.2, 0.25) is 10.8 Å². The number of hydrogen-bond donors (Lipinski definition) is 0.